The molecular formula is C30H36ClN3O5S. The normalized spacial score (nSPS) is 11.9. The number of rotatable bonds is 13. The highest BCUT2D eigenvalue weighted by molar-refractivity contribution is 7.92. The Labute approximate surface area is 241 Å². The highest BCUT2D eigenvalue weighted by atomic mass is 35.5. The molecule has 1 atom stereocenters. The average Bonchev–Trinajstić information content (AvgIpc) is 2.94. The van der Waals surface area contributed by atoms with Crippen LogP contribution in [-0.4, -0.2) is 51.4 Å². The number of sulfonamides is 1. The maximum Gasteiger partial charge on any atom is 0.264 e. The Morgan fingerprint density at radius 3 is 2.38 bits per heavy atom. The van der Waals surface area contributed by atoms with Gasteiger partial charge in [-0.3, -0.25) is 13.9 Å². The molecule has 10 heteroatoms. The summed E-state index contributed by atoms with van der Waals surface area (Å²) in [6.07, 6.45) is 1.72. The van der Waals surface area contributed by atoms with Crippen LogP contribution < -0.4 is 14.4 Å². The Bertz CT molecular complexity index is 1410. The van der Waals surface area contributed by atoms with E-state index in [1.54, 1.807) is 50.4 Å². The molecule has 0 aliphatic carbocycles. The fraction of sp³-hybridized carbons (Fsp3) is 0.333. The SMILES string of the molecule is CCCCNC(=O)C(C)N(Cc1cccc(OC)c1)C(=O)CN(c1cccc(C)c1)S(=O)(=O)c1ccc(Cl)cc1. The van der Waals surface area contributed by atoms with E-state index < -0.39 is 28.5 Å². The third-order valence-corrected chi connectivity index (χ3v) is 8.49. The first-order valence-corrected chi connectivity index (χ1v) is 14.9. The molecule has 0 heterocycles. The highest BCUT2D eigenvalue weighted by Crippen LogP contribution is 2.26. The van der Waals surface area contributed by atoms with E-state index >= 15 is 0 Å². The number of carbonyl (C=O) groups is 2. The largest absolute Gasteiger partial charge is 0.497 e. The van der Waals surface area contributed by atoms with Gasteiger partial charge in [0.25, 0.3) is 10.0 Å². The molecule has 3 aromatic carbocycles. The molecule has 0 spiro atoms. The van der Waals surface area contributed by atoms with Gasteiger partial charge < -0.3 is 15.0 Å². The zero-order valence-electron chi connectivity index (χ0n) is 23.3. The lowest BCUT2D eigenvalue weighted by Gasteiger charge is -2.32. The van der Waals surface area contributed by atoms with Gasteiger partial charge in [0.2, 0.25) is 11.8 Å². The molecule has 3 rings (SSSR count). The lowest BCUT2D eigenvalue weighted by molar-refractivity contribution is -0.139. The summed E-state index contributed by atoms with van der Waals surface area (Å²) in [6.45, 7) is 5.57. The number of ether oxygens (including phenoxy) is 1. The minimum atomic E-state index is -4.16. The Morgan fingerprint density at radius 1 is 1.02 bits per heavy atom. The lowest BCUT2D eigenvalue weighted by Crippen LogP contribution is -2.51. The van der Waals surface area contributed by atoms with Crippen LogP contribution in [0.25, 0.3) is 0 Å². The summed E-state index contributed by atoms with van der Waals surface area (Å²) in [4.78, 5) is 28.4. The van der Waals surface area contributed by atoms with Gasteiger partial charge in [-0.2, -0.15) is 0 Å². The van der Waals surface area contributed by atoms with Crippen molar-refractivity contribution in [3.8, 4) is 5.75 Å². The van der Waals surface area contributed by atoms with Gasteiger partial charge in [-0.05, 0) is 79.9 Å². The van der Waals surface area contributed by atoms with E-state index in [-0.39, 0.29) is 17.3 Å². The first-order chi connectivity index (χ1) is 19.1. The van der Waals surface area contributed by atoms with Crippen LogP contribution in [0.5, 0.6) is 5.75 Å². The Balaban J connectivity index is 2.01. The molecule has 3 aromatic rings. The highest BCUT2D eigenvalue weighted by Gasteiger charge is 2.32. The number of nitrogens with one attached hydrogen (secondary N) is 1. The molecule has 8 nitrogen and oxygen atoms in total. The predicted octanol–water partition coefficient (Wildman–Crippen LogP) is 5.19. The van der Waals surface area contributed by atoms with Crippen molar-refractivity contribution >= 4 is 39.1 Å². The summed E-state index contributed by atoms with van der Waals surface area (Å²) in [6, 6.07) is 19.0. The van der Waals surface area contributed by atoms with Gasteiger partial charge in [-0.15, -0.1) is 0 Å². The van der Waals surface area contributed by atoms with Crippen LogP contribution >= 0.6 is 11.6 Å². The number of benzene rings is 3. The first kappa shape index (κ1) is 31.0. The predicted molar refractivity (Wildman–Crippen MR) is 158 cm³/mol. The van der Waals surface area contributed by atoms with Gasteiger partial charge in [0.05, 0.1) is 17.7 Å². The van der Waals surface area contributed by atoms with Crippen molar-refractivity contribution in [1.29, 1.82) is 0 Å². The fourth-order valence-electron chi connectivity index (χ4n) is 4.13. The Kier molecular flexibility index (Phi) is 11.0. The van der Waals surface area contributed by atoms with Crippen molar-refractivity contribution in [3.05, 3.63) is 88.9 Å². The zero-order valence-corrected chi connectivity index (χ0v) is 24.8. The second-order valence-corrected chi connectivity index (χ2v) is 11.8. The standard InChI is InChI=1S/C30H36ClN3O5S/c1-5-6-17-32-30(36)23(3)33(20-24-10-8-12-27(19-24)39-4)29(35)21-34(26-11-7-9-22(2)18-26)40(37,38)28-15-13-25(31)14-16-28/h7-16,18-19,23H,5-6,17,20-21H2,1-4H3,(H,32,36). The van der Waals surface area contributed by atoms with Gasteiger partial charge >= 0.3 is 0 Å². The number of halogens is 1. The van der Waals surface area contributed by atoms with E-state index in [9.17, 15) is 18.0 Å². The maximum absolute atomic E-state index is 14.0. The van der Waals surface area contributed by atoms with Crippen LogP contribution in [0.4, 0.5) is 5.69 Å². The van der Waals surface area contributed by atoms with Crippen LogP contribution in [0.1, 0.15) is 37.8 Å². The van der Waals surface area contributed by atoms with E-state index in [2.05, 4.69) is 5.32 Å². The molecular weight excluding hydrogens is 550 g/mol. The van der Waals surface area contributed by atoms with Crippen molar-refractivity contribution in [2.24, 2.45) is 0 Å². The zero-order chi connectivity index (χ0) is 29.3. The molecule has 0 fully saturated rings. The van der Waals surface area contributed by atoms with Crippen molar-refractivity contribution in [1.82, 2.24) is 10.2 Å². The van der Waals surface area contributed by atoms with E-state index in [1.165, 1.54) is 29.2 Å². The minimum Gasteiger partial charge on any atom is -0.497 e. The summed E-state index contributed by atoms with van der Waals surface area (Å²) < 4.78 is 34.1. The molecule has 1 unspecified atom stereocenters. The molecule has 40 heavy (non-hydrogen) atoms. The van der Waals surface area contributed by atoms with Gasteiger partial charge in [0.15, 0.2) is 0 Å². The van der Waals surface area contributed by atoms with Crippen LogP contribution in [0, 0.1) is 6.92 Å². The number of carbonyl (C=O) groups excluding carboxylic acids is 2. The van der Waals surface area contributed by atoms with Gasteiger partial charge in [-0.25, -0.2) is 8.42 Å². The smallest absolute Gasteiger partial charge is 0.264 e. The monoisotopic (exact) mass is 585 g/mol. The maximum atomic E-state index is 14.0. The molecule has 0 saturated heterocycles. The molecule has 0 saturated carbocycles. The van der Waals surface area contributed by atoms with Crippen LogP contribution in [0.3, 0.4) is 0 Å². The third-order valence-electron chi connectivity index (χ3n) is 6.45. The van der Waals surface area contributed by atoms with E-state index in [0.717, 1.165) is 28.3 Å². The van der Waals surface area contributed by atoms with E-state index in [1.807, 2.05) is 26.0 Å². The fourth-order valence-corrected chi connectivity index (χ4v) is 5.66. The average molecular weight is 586 g/mol. The molecule has 0 aliphatic heterocycles. The number of hydrogen-bond acceptors (Lipinski definition) is 5. The summed E-state index contributed by atoms with van der Waals surface area (Å²) in [7, 11) is -2.61. The second-order valence-electron chi connectivity index (χ2n) is 9.50. The molecule has 1 N–H and O–H groups in total. The minimum absolute atomic E-state index is 0.00379. The van der Waals surface area contributed by atoms with Crippen LogP contribution in [0.2, 0.25) is 5.02 Å². The van der Waals surface area contributed by atoms with Gasteiger partial charge in [0.1, 0.15) is 18.3 Å². The number of nitrogens with zero attached hydrogens (tertiary/aromatic N) is 2. The van der Waals surface area contributed by atoms with Crippen LogP contribution in [-0.2, 0) is 26.2 Å². The molecule has 0 aliphatic rings. The quantitative estimate of drug-likeness (QED) is 0.279. The summed E-state index contributed by atoms with van der Waals surface area (Å²) in [5, 5.41) is 3.27. The topological polar surface area (TPSA) is 96.0 Å². The number of aryl methyl sites for hydroxylation is 1. The number of hydrogen-bond donors (Lipinski definition) is 1. The van der Waals surface area contributed by atoms with E-state index in [0.29, 0.717) is 23.0 Å². The van der Waals surface area contributed by atoms with Crippen molar-refractivity contribution in [2.75, 3.05) is 24.5 Å². The molecule has 0 bridgehead atoms. The lowest BCUT2D eigenvalue weighted by atomic mass is 10.1. The number of amides is 2. The summed E-state index contributed by atoms with van der Waals surface area (Å²) >= 11 is 6.00. The second kappa shape index (κ2) is 14.2. The van der Waals surface area contributed by atoms with Crippen molar-refractivity contribution in [3.63, 3.8) is 0 Å². The van der Waals surface area contributed by atoms with E-state index in [4.69, 9.17) is 16.3 Å². The van der Waals surface area contributed by atoms with Crippen molar-refractivity contribution in [2.45, 2.75) is 51.1 Å². The number of anilines is 1. The number of methoxy groups -OCH3 is 1. The van der Waals surface area contributed by atoms with Crippen LogP contribution in [0.15, 0.2) is 77.7 Å². The molecule has 2 amide bonds. The Hall–Kier alpha value is -3.56. The summed E-state index contributed by atoms with van der Waals surface area (Å²) in [5.41, 5.74) is 1.91. The molecule has 214 valence electrons. The molecule has 0 aromatic heterocycles. The molecule has 0 radical (unpaired) electrons. The van der Waals surface area contributed by atoms with Gasteiger partial charge in [-0.1, -0.05) is 49.2 Å². The van der Waals surface area contributed by atoms with Crippen molar-refractivity contribution < 1.29 is 22.7 Å². The summed E-state index contributed by atoms with van der Waals surface area (Å²) in [5.74, 6) is -0.232. The van der Waals surface area contributed by atoms with Gasteiger partial charge in [0, 0.05) is 18.1 Å². The first-order valence-electron chi connectivity index (χ1n) is 13.1. The Morgan fingerprint density at radius 2 is 1.73 bits per heavy atom. The number of unbranched alkanes of at least 4 members (excludes halogenated alkanes) is 1. The third kappa shape index (κ3) is 7.99.